The lowest BCUT2D eigenvalue weighted by Gasteiger charge is -2.06. The van der Waals surface area contributed by atoms with Crippen LogP contribution in [0.3, 0.4) is 0 Å². The predicted molar refractivity (Wildman–Crippen MR) is 80.2 cm³/mol. The summed E-state index contributed by atoms with van der Waals surface area (Å²) < 4.78 is 1.80. The molecule has 3 rings (SSSR count). The maximum atomic E-state index is 11.9. The number of amides is 1. The molecule has 6 nitrogen and oxygen atoms in total. The van der Waals surface area contributed by atoms with Crippen molar-refractivity contribution in [2.45, 2.75) is 0 Å². The van der Waals surface area contributed by atoms with Crippen molar-refractivity contribution >= 4 is 23.5 Å². The molecule has 0 saturated carbocycles. The molecule has 0 aliphatic rings. The van der Waals surface area contributed by atoms with Crippen molar-refractivity contribution in [1.82, 2.24) is 19.5 Å². The van der Waals surface area contributed by atoms with Gasteiger partial charge in [0.2, 0.25) is 5.95 Å². The van der Waals surface area contributed by atoms with Gasteiger partial charge in [-0.25, -0.2) is 9.97 Å². The van der Waals surface area contributed by atoms with E-state index in [0.717, 1.165) is 11.3 Å². The van der Waals surface area contributed by atoms with E-state index in [4.69, 9.17) is 11.6 Å². The molecule has 0 unspecified atom stereocenters. The van der Waals surface area contributed by atoms with Gasteiger partial charge in [0.25, 0.3) is 5.91 Å². The van der Waals surface area contributed by atoms with Gasteiger partial charge < -0.3 is 9.55 Å². The molecule has 2 heterocycles. The number of carbonyl (C=O) groups is 1. The molecule has 2 aromatic heterocycles. The Labute approximate surface area is 125 Å². The number of nitrogens with one attached hydrogen (secondary N) is 2. The number of anilines is 1. The summed E-state index contributed by atoms with van der Waals surface area (Å²) in [5.74, 6) is 0.351. The van der Waals surface area contributed by atoms with Crippen LogP contribution >= 0.6 is 11.6 Å². The summed E-state index contributed by atoms with van der Waals surface area (Å²) in [6.45, 7) is 0. The standard InChI is InChI=1S/C14H12ClN5O/c1-20-11(9-2-4-10(15)5-3-9)8-18-14(20)19-13(21)12-16-6-7-17-12/h2-8H,1H3,(H,16,17)(H,18,19,21). The summed E-state index contributed by atoms with van der Waals surface area (Å²) in [4.78, 5) is 22.8. The van der Waals surface area contributed by atoms with Crippen LogP contribution in [-0.2, 0) is 7.05 Å². The molecule has 0 bridgehead atoms. The summed E-state index contributed by atoms with van der Waals surface area (Å²) in [5.41, 5.74) is 1.84. The van der Waals surface area contributed by atoms with Gasteiger partial charge in [0.05, 0.1) is 11.9 Å². The molecule has 0 aliphatic heterocycles. The number of hydrogen-bond donors (Lipinski definition) is 2. The average Bonchev–Trinajstić information content (AvgIpc) is 3.11. The van der Waals surface area contributed by atoms with E-state index in [1.165, 1.54) is 6.20 Å². The van der Waals surface area contributed by atoms with Gasteiger partial charge >= 0.3 is 0 Å². The molecule has 0 radical (unpaired) electrons. The highest BCUT2D eigenvalue weighted by Crippen LogP contribution is 2.23. The Kier molecular flexibility index (Phi) is 3.45. The third kappa shape index (κ3) is 2.66. The summed E-state index contributed by atoms with van der Waals surface area (Å²) in [6.07, 6.45) is 4.81. The van der Waals surface area contributed by atoms with Crippen molar-refractivity contribution < 1.29 is 4.79 Å². The summed E-state index contributed by atoms with van der Waals surface area (Å²) in [6, 6.07) is 7.42. The van der Waals surface area contributed by atoms with Gasteiger partial charge in [-0.15, -0.1) is 0 Å². The fourth-order valence-corrected chi connectivity index (χ4v) is 2.09. The van der Waals surface area contributed by atoms with E-state index < -0.39 is 0 Å². The molecular weight excluding hydrogens is 290 g/mol. The van der Waals surface area contributed by atoms with Gasteiger partial charge in [-0.1, -0.05) is 23.7 Å². The maximum absolute atomic E-state index is 11.9. The number of aromatic nitrogens is 4. The monoisotopic (exact) mass is 301 g/mol. The number of halogens is 1. The zero-order chi connectivity index (χ0) is 14.8. The molecule has 0 saturated heterocycles. The van der Waals surface area contributed by atoms with E-state index in [2.05, 4.69) is 20.3 Å². The lowest BCUT2D eigenvalue weighted by Crippen LogP contribution is -2.16. The first-order valence-corrected chi connectivity index (χ1v) is 6.61. The molecule has 7 heteroatoms. The number of benzene rings is 1. The molecule has 106 valence electrons. The van der Waals surface area contributed by atoms with Crippen LogP contribution in [0.25, 0.3) is 11.3 Å². The van der Waals surface area contributed by atoms with E-state index in [1.54, 1.807) is 17.0 Å². The van der Waals surface area contributed by atoms with Gasteiger partial charge in [0, 0.05) is 24.5 Å². The Morgan fingerprint density at radius 3 is 2.71 bits per heavy atom. The fraction of sp³-hybridized carbons (Fsp3) is 0.0714. The van der Waals surface area contributed by atoms with Crippen LogP contribution in [0.1, 0.15) is 10.6 Å². The highest BCUT2D eigenvalue weighted by Gasteiger charge is 2.13. The van der Waals surface area contributed by atoms with Gasteiger partial charge in [-0.3, -0.25) is 10.1 Å². The third-order valence-electron chi connectivity index (χ3n) is 3.07. The van der Waals surface area contributed by atoms with Gasteiger partial charge in [-0.2, -0.15) is 0 Å². The van der Waals surface area contributed by atoms with Crippen LogP contribution in [0, 0.1) is 0 Å². The van der Waals surface area contributed by atoms with Gasteiger partial charge in [0.1, 0.15) is 0 Å². The molecule has 0 aliphatic carbocycles. The van der Waals surface area contributed by atoms with Crippen molar-refractivity contribution in [3.8, 4) is 11.3 Å². The molecular formula is C14H12ClN5O. The highest BCUT2D eigenvalue weighted by atomic mass is 35.5. The summed E-state index contributed by atoms with van der Waals surface area (Å²) in [5, 5.41) is 3.38. The summed E-state index contributed by atoms with van der Waals surface area (Å²) >= 11 is 5.88. The van der Waals surface area contributed by atoms with Crippen molar-refractivity contribution in [3.05, 3.63) is 53.7 Å². The second kappa shape index (κ2) is 5.41. The molecule has 0 fully saturated rings. The fourth-order valence-electron chi connectivity index (χ4n) is 1.96. The molecule has 0 atom stereocenters. The number of rotatable bonds is 3. The SMILES string of the molecule is Cn1c(-c2ccc(Cl)cc2)cnc1NC(=O)c1ncc[nH]1. The van der Waals surface area contributed by atoms with Crippen LogP contribution in [0.5, 0.6) is 0 Å². The zero-order valence-electron chi connectivity index (χ0n) is 11.2. The van der Waals surface area contributed by atoms with Crippen molar-refractivity contribution in [2.75, 3.05) is 5.32 Å². The van der Waals surface area contributed by atoms with Crippen LogP contribution < -0.4 is 5.32 Å². The Hall–Kier alpha value is -2.60. The van der Waals surface area contributed by atoms with Crippen LogP contribution in [0.4, 0.5) is 5.95 Å². The zero-order valence-corrected chi connectivity index (χ0v) is 11.9. The molecule has 2 N–H and O–H groups in total. The molecule has 1 aromatic carbocycles. The summed E-state index contributed by atoms with van der Waals surface area (Å²) in [7, 11) is 1.83. The van der Waals surface area contributed by atoms with E-state index in [-0.39, 0.29) is 11.7 Å². The second-order valence-corrected chi connectivity index (χ2v) is 4.86. The minimum Gasteiger partial charge on any atom is -0.341 e. The topological polar surface area (TPSA) is 75.6 Å². The molecule has 21 heavy (non-hydrogen) atoms. The van der Waals surface area contributed by atoms with E-state index in [1.807, 2.05) is 31.3 Å². The number of hydrogen-bond acceptors (Lipinski definition) is 3. The van der Waals surface area contributed by atoms with Crippen molar-refractivity contribution in [1.29, 1.82) is 0 Å². The first-order valence-electron chi connectivity index (χ1n) is 6.23. The normalized spacial score (nSPS) is 10.6. The number of H-pyrrole nitrogens is 1. The Balaban J connectivity index is 1.86. The first-order chi connectivity index (χ1) is 10.1. The number of carbonyl (C=O) groups excluding carboxylic acids is 1. The average molecular weight is 302 g/mol. The first kappa shape index (κ1) is 13.4. The number of imidazole rings is 2. The largest absolute Gasteiger partial charge is 0.341 e. The molecule has 3 aromatic rings. The molecule has 0 spiro atoms. The van der Waals surface area contributed by atoms with E-state index in [0.29, 0.717) is 11.0 Å². The Morgan fingerprint density at radius 1 is 1.29 bits per heavy atom. The smallest absolute Gasteiger partial charge is 0.293 e. The second-order valence-electron chi connectivity index (χ2n) is 4.42. The van der Waals surface area contributed by atoms with Crippen molar-refractivity contribution in [2.24, 2.45) is 7.05 Å². The Bertz CT molecular complexity index is 761. The predicted octanol–water partition coefficient (Wildman–Crippen LogP) is 2.72. The van der Waals surface area contributed by atoms with E-state index >= 15 is 0 Å². The maximum Gasteiger partial charge on any atom is 0.293 e. The number of aromatic amines is 1. The minimum atomic E-state index is -0.337. The quantitative estimate of drug-likeness (QED) is 0.781. The highest BCUT2D eigenvalue weighted by molar-refractivity contribution is 6.30. The molecule has 1 amide bonds. The number of nitrogens with zero attached hydrogens (tertiary/aromatic N) is 3. The third-order valence-corrected chi connectivity index (χ3v) is 3.32. The minimum absolute atomic E-state index is 0.242. The van der Waals surface area contributed by atoms with Gasteiger partial charge in [-0.05, 0) is 17.7 Å². The Morgan fingerprint density at radius 2 is 2.05 bits per heavy atom. The van der Waals surface area contributed by atoms with Crippen LogP contribution in [0.2, 0.25) is 5.02 Å². The lowest BCUT2D eigenvalue weighted by atomic mass is 10.2. The van der Waals surface area contributed by atoms with Crippen LogP contribution in [0.15, 0.2) is 42.9 Å². The van der Waals surface area contributed by atoms with Crippen molar-refractivity contribution in [3.63, 3.8) is 0 Å². The lowest BCUT2D eigenvalue weighted by molar-refractivity contribution is 0.101. The van der Waals surface area contributed by atoms with Gasteiger partial charge in [0.15, 0.2) is 5.82 Å². The van der Waals surface area contributed by atoms with E-state index in [9.17, 15) is 4.79 Å². The van der Waals surface area contributed by atoms with Crippen LogP contribution in [-0.4, -0.2) is 25.4 Å².